The molecule has 0 spiro atoms. The zero-order valence-corrected chi connectivity index (χ0v) is 20.2. The molecule has 2 aromatic carbocycles. The monoisotopic (exact) mass is 481 g/mol. The summed E-state index contributed by atoms with van der Waals surface area (Å²) in [6, 6.07) is 17.6. The third-order valence-electron chi connectivity index (χ3n) is 6.22. The molecule has 1 aliphatic rings. The Balaban J connectivity index is 1.31. The lowest BCUT2D eigenvalue weighted by molar-refractivity contribution is -0.0194. The number of hydrazone groups is 1. The molecule has 182 valence electrons. The lowest BCUT2D eigenvalue weighted by atomic mass is 10.1. The standard InChI is InChI=1S/C27H27N7O2/c1-17(14-30-28-2)18-6-8-21(9-7-18)31-25-10-11-29-26(33-25)20-5-4-19-12-24(32-23(19)13-20)27(35)34-15-22(16-34)36-3/h4-14,22,30,32H,2,15-16H2,1,3H3,(H,29,31,33)/b17-14+. The quantitative estimate of drug-likeness (QED) is 0.254. The van der Waals surface area contributed by atoms with Crippen molar-refractivity contribution in [1.82, 2.24) is 25.3 Å². The smallest absolute Gasteiger partial charge is 0.270 e. The van der Waals surface area contributed by atoms with Gasteiger partial charge in [-0.2, -0.15) is 5.10 Å². The number of hydrogen-bond acceptors (Lipinski definition) is 7. The summed E-state index contributed by atoms with van der Waals surface area (Å²) in [5, 5.41) is 7.92. The van der Waals surface area contributed by atoms with Gasteiger partial charge >= 0.3 is 0 Å². The van der Waals surface area contributed by atoms with Crippen molar-refractivity contribution in [3.8, 4) is 11.4 Å². The van der Waals surface area contributed by atoms with E-state index in [0.29, 0.717) is 30.4 Å². The van der Waals surface area contributed by atoms with Crippen LogP contribution in [0.3, 0.4) is 0 Å². The van der Waals surface area contributed by atoms with Gasteiger partial charge in [0.15, 0.2) is 5.82 Å². The van der Waals surface area contributed by atoms with Crippen LogP contribution in [0.15, 0.2) is 72.1 Å². The van der Waals surface area contributed by atoms with Crippen LogP contribution in [-0.2, 0) is 4.74 Å². The first-order chi connectivity index (χ1) is 17.5. The van der Waals surface area contributed by atoms with Gasteiger partial charge in [-0.05, 0) is 48.4 Å². The minimum absolute atomic E-state index is 0.0196. The number of fused-ring (bicyclic) bond motifs is 1. The van der Waals surface area contributed by atoms with Crippen molar-refractivity contribution in [2.45, 2.75) is 13.0 Å². The maximum absolute atomic E-state index is 12.7. The van der Waals surface area contributed by atoms with Gasteiger partial charge in [0.2, 0.25) is 0 Å². The molecule has 1 fully saturated rings. The second kappa shape index (κ2) is 10.0. The van der Waals surface area contributed by atoms with Crippen LogP contribution >= 0.6 is 0 Å². The lowest BCUT2D eigenvalue weighted by Crippen LogP contribution is -2.54. The van der Waals surface area contributed by atoms with Gasteiger partial charge in [0.25, 0.3) is 5.91 Å². The van der Waals surface area contributed by atoms with E-state index in [2.05, 4.69) is 37.5 Å². The van der Waals surface area contributed by atoms with Crippen LogP contribution in [0.2, 0.25) is 0 Å². The average molecular weight is 482 g/mol. The number of hydrogen-bond donors (Lipinski definition) is 3. The molecule has 2 aromatic heterocycles. The number of anilines is 2. The Hall–Kier alpha value is -4.50. The van der Waals surface area contributed by atoms with Crippen LogP contribution in [0.5, 0.6) is 0 Å². The largest absolute Gasteiger partial charge is 0.378 e. The van der Waals surface area contributed by atoms with Gasteiger partial charge in [-0.1, -0.05) is 24.3 Å². The molecule has 0 saturated carbocycles. The highest BCUT2D eigenvalue weighted by atomic mass is 16.5. The Morgan fingerprint density at radius 3 is 2.75 bits per heavy atom. The van der Waals surface area contributed by atoms with Crippen LogP contribution in [-0.4, -0.2) is 58.8 Å². The highest BCUT2D eigenvalue weighted by molar-refractivity contribution is 5.99. The number of amides is 1. The van der Waals surface area contributed by atoms with Crippen molar-refractivity contribution in [3.05, 3.63) is 78.3 Å². The Morgan fingerprint density at radius 1 is 1.19 bits per heavy atom. The molecule has 36 heavy (non-hydrogen) atoms. The van der Waals surface area contributed by atoms with Crippen molar-refractivity contribution in [3.63, 3.8) is 0 Å². The SMILES string of the molecule is C=NN/C=C(\C)c1ccc(Nc2ccnc(-c3ccc4cc(C(=O)N5CC(OC)C5)[nH]c4c3)n2)cc1. The number of aromatic nitrogens is 3. The van der Waals surface area contributed by atoms with Crippen LogP contribution in [0, 0.1) is 0 Å². The summed E-state index contributed by atoms with van der Waals surface area (Å²) >= 11 is 0. The van der Waals surface area contributed by atoms with Crippen LogP contribution in [0.25, 0.3) is 27.9 Å². The molecule has 1 amide bonds. The van der Waals surface area contributed by atoms with Crippen molar-refractivity contribution in [2.24, 2.45) is 5.10 Å². The van der Waals surface area contributed by atoms with Crippen molar-refractivity contribution >= 4 is 40.6 Å². The number of nitrogens with one attached hydrogen (secondary N) is 3. The first-order valence-corrected chi connectivity index (χ1v) is 11.6. The summed E-state index contributed by atoms with van der Waals surface area (Å²) in [6.07, 6.45) is 3.65. The topological polar surface area (TPSA) is 108 Å². The number of H-pyrrole nitrogens is 1. The van der Waals surface area contributed by atoms with Crippen LogP contribution < -0.4 is 10.7 Å². The number of ether oxygens (including phenoxy) is 1. The van der Waals surface area contributed by atoms with E-state index < -0.39 is 0 Å². The summed E-state index contributed by atoms with van der Waals surface area (Å²) in [5.41, 5.74) is 8.07. The van der Waals surface area contributed by atoms with Crippen LogP contribution in [0.4, 0.5) is 11.5 Å². The zero-order valence-electron chi connectivity index (χ0n) is 20.2. The van der Waals surface area contributed by atoms with Crippen molar-refractivity contribution in [2.75, 3.05) is 25.5 Å². The maximum Gasteiger partial charge on any atom is 0.270 e. The minimum Gasteiger partial charge on any atom is -0.378 e. The number of allylic oxidation sites excluding steroid dienone is 1. The molecule has 1 saturated heterocycles. The summed E-state index contributed by atoms with van der Waals surface area (Å²) < 4.78 is 5.27. The molecule has 3 N–H and O–H groups in total. The predicted molar refractivity (Wildman–Crippen MR) is 142 cm³/mol. The van der Waals surface area contributed by atoms with Crippen molar-refractivity contribution < 1.29 is 9.53 Å². The molecule has 0 unspecified atom stereocenters. The highest BCUT2D eigenvalue weighted by Gasteiger charge is 2.31. The number of rotatable bonds is 8. The molecule has 0 bridgehead atoms. The fraction of sp³-hybridized carbons (Fsp3) is 0.185. The molecule has 0 radical (unpaired) electrons. The number of aromatic amines is 1. The highest BCUT2D eigenvalue weighted by Crippen LogP contribution is 2.26. The molecule has 9 nitrogen and oxygen atoms in total. The normalized spacial score (nSPS) is 13.9. The van der Waals surface area contributed by atoms with E-state index in [4.69, 9.17) is 4.74 Å². The van der Waals surface area contributed by atoms with E-state index in [9.17, 15) is 4.79 Å². The Labute approximate surface area is 208 Å². The summed E-state index contributed by atoms with van der Waals surface area (Å²) in [4.78, 5) is 26.9. The van der Waals surface area contributed by atoms with Gasteiger partial charge in [0.1, 0.15) is 11.5 Å². The van der Waals surface area contributed by atoms with Gasteiger partial charge in [-0.25, -0.2) is 9.97 Å². The van der Waals surface area contributed by atoms with E-state index in [1.54, 1.807) is 24.4 Å². The number of nitrogens with zero attached hydrogens (tertiary/aromatic N) is 4. The number of carbonyl (C=O) groups is 1. The van der Waals surface area contributed by atoms with Gasteiger partial charge in [-0.15, -0.1) is 0 Å². The van der Waals surface area contributed by atoms with Gasteiger partial charge in [-0.3, -0.25) is 10.2 Å². The zero-order chi connectivity index (χ0) is 25.1. The number of carbonyl (C=O) groups excluding carboxylic acids is 1. The van der Waals surface area contributed by atoms with E-state index in [1.807, 2.05) is 61.5 Å². The Kier molecular flexibility index (Phi) is 6.46. The molecular weight excluding hydrogens is 454 g/mol. The fourth-order valence-electron chi connectivity index (χ4n) is 4.06. The fourth-order valence-corrected chi connectivity index (χ4v) is 4.06. The van der Waals surface area contributed by atoms with Gasteiger partial charge < -0.3 is 19.9 Å². The number of benzene rings is 2. The summed E-state index contributed by atoms with van der Waals surface area (Å²) in [7, 11) is 1.67. The summed E-state index contributed by atoms with van der Waals surface area (Å²) in [5.74, 6) is 1.26. The second-order valence-corrected chi connectivity index (χ2v) is 8.64. The molecule has 4 aromatic rings. The molecule has 5 rings (SSSR count). The van der Waals surface area contributed by atoms with Crippen molar-refractivity contribution in [1.29, 1.82) is 0 Å². The maximum atomic E-state index is 12.7. The molecule has 9 heteroatoms. The third kappa shape index (κ3) is 4.82. The second-order valence-electron chi connectivity index (χ2n) is 8.64. The van der Waals surface area contributed by atoms with E-state index in [0.717, 1.165) is 33.3 Å². The molecule has 0 aliphatic carbocycles. The minimum atomic E-state index is -0.0196. The number of methoxy groups -OCH3 is 1. The molecular formula is C27H27N7O2. The predicted octanol–water partition coefficient (Wildman–Crippen LogP) is 4.41. The average Bonchev–Trinajstić information content (AvgIpc) is 3.31. The third-order valence-corrected chi connectivity index (χ3v) is 6.22. The lowest BCUT2D eigenvalue weighted by Gasteiger charge is -2.37. The Bertz CT molecular complexity index is 1440. The van der Waals surface area contributed by atoms with Gasteiger partial charge in [0.05, 0.1) is 6.10 Å². The van der Waals surface area contributed by atoms with E-state index in [-0.39, 0.29) is 12.0 Å². The van der Waals surface area contributed by atoms with Gasteiger partial charge in [0, 0.05) is 61.5 Å². The molecule has 3 heterocycles. The van der Waals surface area contributed by atoms with Crippen LogP contribution in [0.1, 0.15) is 23.0 Å². The first kappa shape index (κ1) is 23.3. The molecule has 0 atom stereocenters. The summed E-state index contributed by atoms with van der Waals surface area (Å²) in [6.45, 7) is 6.64. The van der Waals surface area contributed by atoms with E-state index in [1.165, 1.54) is 0 Å². The molecule has 1 aliphatic heterocycles. The Morgan fingerprint density at radius 2 is 2.00 bits per heavy atom. The first-order valence-electron chi connectivity index (χ1n) is 11.6. The van der Waals surface area contributed by atoms with E-state index >= 15 is 0 Å². The number of likely N-dealkylation sites (tertiary alicyclic amines) is 1.